The molecule has 1 N–H and O–H groups in total. The number of carboxylic acid groups (broad SMARTS) is 1. The molecule has 1 heterocycles. The Morgan fingerprint density at radius 2 is 2.56 bits per heavy atom. The molecule has 0 aliphatic carbocycles. The summed E-state index contributed by atoms with van der Waals surface area (Å²) in [5, 5.41) is 8.41. The van der Waals surface area contributed by atoms with Gasteiger partial charge in [0.05, 0.1) is 6.54 Å². The molecule has 1 aliphatic heterocycles. The van der Waals surface area contributed by atoms with Crippen LogP contribution in [-0.2, 0) is 4.79 Å². The van der Waals surface area contributed by atoms with Gasteiger partial charge in [0, 0.05) is 13.6 Å². The Hall–Kier alpha value is -1.06. The van der Waals surface area contributed by atoms with Gasteiger partial charge in [-0.25, -0.2) is 4.79 Å². The Kier molecular flexibility index (Phi) is 1.38. The highest BCUT2D eigenvalue weighted by molar-refractivity contribution is 6.34. The largest absolute Gasteiger partial charge is 0.475 e. The number of carboxylic acids is 1. The fourth-order valence-electron chi connectivity index (χ4n) is 0.763. The van der Waals surface area contributed by atoms with E-state index >= 15 is 0 Å². The molecule has 1 aliphatic rings. The van der Waals surface area contributed by atoms with Crippen LogP contribution < -0.4 is 0 Å². The number of hydrogen-bond donors (Lipinski definition) is 1. The molecule has 1 rings (SSSR count). The van der Waals surface area contributed by atoms with E-state index in [2.05, 4.69) is 4.99 Å². The van der Waals surface area contributed by atoms with E-state index in [0.29, 0.717) is 6.54 Å². The number of amidine groups is 1. The van der Waals surface area contributed by atoms with Gasteiger partial charge in [0.2, 0.25) is 5.84 Å². The first kappa shape index (κ1) is 6.07. The van der Waals surface area contributed by atoms with Gasteiger partial charge in [0.15, 0.2) is 0 Å². The van der Waals surface area contributed by atoms with Gasteiger partial charge in [-0.1, -0.05) is 0 Å². The minimum absolute atomic E-state index is 0.176. The molecule has 9 heavy (non-hydrogen) atoms. The van der Waals surface area contributed by atoms with Gasteiger partial charge in [0.25, 0.3) is 0 Å². The van der Waals surface area contributed by atoms with Crippen molar-refractivity contribution in [3.63, 3.8) is 0 Å². The van der Waals surface area contributed by atoms with Crippen LogP contribution in [0.2, 0.25) is 0 Å². The fourth-order valence-corrected chi connectivity index (χ4v) is 0.763. The zero-order valence-electron chi connectivity index (χ0n) is 5.16. The predicted octanol–water partition coefficient (Wildman–Crippen LogP) is -0.585. The smallest absolute Gasteiger partial charge is 0.371 e. The summed E-state index contributed by atoms with van der Waals surface area (Å²) in [6.07, 6.45) is 0. The van der Waals surface area contributed by atoms with Gasteiger partial charge >= 0.3 is 5.97 Å². The zero-order valence-corrected chi connectivity index (χ0v) is 5.16. The lowest BCUT2D eigenvalue weighted by Crippen LogP contribution is -2.29. The molecule has 4 heteroatoms. The predicted molar refractivity (Wildman–Crippen MR) is 32.6 cm³/mol. The molecule has 4 nitrogen and oxygen atoms in total. The van der Waals surface area contributed by atoms with Gasteiger partial charge in [-0.05, 0) is 0 Å². The highest BCUT2D eigenvalue weighted by Gasteiger charge is 2.18. The van der Waals surface area contributed by atoms with Crippen LogP contribution in [0.25, 0.3) is 0 Å². The van der Waals surface area contributed by atoms with Gasteiger partial charge in [0.1, 0.15) is 0 Å². The third-order valence-corrected chi connectivity index (χ3v) is 1.25. The summed E-state index contributed by atoms with van der Waals surface area (Å²) in [6.45, 7) is 1.33. The molecule has 0 unspecified atom stereocenters. The summed E-state index contributed by atoms with van der Waals surface area (Å²) in [4.78, 5) is 15.6. The molecule has 0 aromatic heterocycles. The van der Waals surface area contributed by atoms with Crippen LogP contribution in [0.15, 0.2) is 4.99 Å². The summed E-state index contributed by atoms with van der Waals surface area (Å²) < 4.78 is 0. The van der Waals surface area contributed by atoms with Crippen molar-refractivity contribution in [2.24, 2.45) is 4.99 Å². The van der Waals surface area contributed by atoms with Crippen molar-refractivity contribution in [2.45, 2.75) is 0 Å². The lowest BCUT2D eigenvalue weighted by atomic mass is 10.5. The number of hydrogen-bond acceptors (Lipinski definition) is 3. The zero-order chi connectivity index (χ0) is 6.85. The van der Waals surface area contributed by atoms with Crippen LogP contribution in [0.1, 0.15) is 0 Å². The summed E-state index contributed by atoms with van der Waals surface area (Å²) in [5.41, 5.74) is 0. The Morgan fingerprint density at radius 1 is 1.89 bits per heavy atom. The van der Waals surface area contributed by atoms with Gasteiger partial charge in [-0.3, -0.25) is 4.99 Å². The second-order valence-electron chi connectivity index (χ2n) is 1.93. The van der Waals surface area contributed by atoms with Crippen molar-refractivity contribution < 1.29 is 9.90 Å². The fraction of sp³-hybridized carbons (Fsp3) is 0.600. The number of carbonyl (C=O) groups is 1. The highest BCUT2D eigenvalue weighted by Crippen LogP contribution is 1.96. The standard InChI is InChI=1S/C5H8N2O2/c1-7-3-2-6-4(7)5(8)9/h2-3H2,1H3,(H,8,9). The maximum absolute atomic E-state index is 10.2. The molecule has 0 radical (unpaired) electrons. The van der Waals surface area contributed by atoms with E-state index in [9.17, 15) is 4.79 Å². The first-order valence-corrected chi connectivity index (χ1v) is 2.70. The van der Waals surface area contributed by atoms with Gasteiger partial charge in [-0.15, -0.1) is 0 Å². The Bertz CT molecular complexity index is 164. The van der Waals surface area contributed by atoms with Crippen molar-refractivity contribution in [2.75, 3.05) is 20.1 Å². The molecule has 0 aromatic rings. The Balaban J connectivity index is 2.68. The van der Waals surface area contributed by atoms with Crippen molar-refractivity contribution in [1.82, 2.24) is 4.90 Å². The van der Waals surface area contributed by atoms with Gasteiger partial charge < -0.3 is 10.0 Å². The van der Waals surface area contributed by atoms with Crippen molar-refractivity contribution in [1.29, 1.82) is 0 Å². The molecule has 0 aromatic carbocycles. The Morgan fingerprint density at radius 3 is 2.78 bits per heavy atom. The maximum atomic E-state index is 10.2. The minimum atomic E-state index is -0.935. The molecule has 0 fully saturated rings. The van der Waals surface area contributed by atoms with E-state index < -0.39 is 5.97 Å². The lowest BCUT2D eigenvalue weighted by Gasteiger charge is -2.07. The number of rotatable bonds is 1. The van der Waals surface area contributed by atoms with E-state index in [1.807, 2.05) is 0 Å². The van der Waals surface area contributed by atoms with E-state index in [4.69, 9.17) is 5.11 Å². The molecule has 0 saturated heterocycles. The van der Waals surface area contributed by atoms with Crippen LogP contribution in [-0.4, -0.2) is 41.9 Å². The SMILES string of the molecule is CN1CCN=C1C(=O)O. The third kappa shape index (κ3) is 1.01. The number of nitrogens with zero attached hydrogens (tertiary/aromatic N) is 2. The van der Waals surface area contributed by atoms with E-state index in [0.717, 1.165) is 6.54 Å². The Labute approximate surface area is 52.8 Å². The van der Waals surface area contributed by atoms with E-state index in [1.165, 1.54) is 0 Å². The van der Waals surface area contributed by atoms with Crippen molar-refractivity contribution in [3.8, 4) is 0 Å². The number of likely N-dealkylation sites (N-methyl/N-ethyl adjacent to an activating group) is 1. The highest BCUT2D eigenvalue weighted by atomic mass is 16.4. The van der Waals surface area contributed by atoms with Crippen molar-refractivity contribution in [3.05, 3.63) is 0 Å². The lowest BCUT2D eigenvalue weighted by molar-refractivity contribution is -0.130. The topological polar surface area (TPSA) is 52.9 Å². The summed E-state index contributed by atoms with van der Waals surface area (Å²) in [5.74, 6) is -0.759. The first-order valence-electron chi connectivity index (χ1n) is 2.70. The average molecular weight is 128 g/mol. The monoisotopic (exact) mass is 128 g/mol. The van der Waals surface area contributed by atoms with E-state index in [1.54, 1.807) is 11.9 Å². The van der Waals surface area contributed by atoms with Crippen LogP contribution in [0, 0.1) is 0 Å². The quantitative estimate of drug-likeness (QED) is 0.513. The molecular formula is C5H8N2O2. The normalized spacial score (nSPS) is 17.9. The summed E-state index contributed by atoms with van der Waals surface area (Å²) in [6, 6.07) is 0. The van der Waals surface area contributed by atoms with Gasteiger partial charge in [-0.2, -0.15) is 0 Å². The average Bonchev–Trinajstić information content (AvgIpc) is 2.13. The molecule has 50 valence electrons. The third-order valence-electron chi connectivity index (χ3n) is 1.25. The molecule has 0 bridgehead atoms. The van der Waals surface area contributed by atoms with Crippen LogP contribution >= 0.6 is 0 Å². The molecule has 0 amide bonds. The van der Waals surface area contributed by atoms with Crippen molar-refractivity contribution >= 4 is 11.8 Å². The molecule has 0 atom stereocenters. The summed E-state index contributed by atoms with van der Waals surface area (Å²) in [7, 11) is 1.72. The number of aliphatic carboxylic acids is 1. The van der Waals surface area contributed by atoms with Crippen LogP contribution in [0.5, 0.6) is 0 Å². The second kappa shape index (κ2) is 2.05. The minimum Gasteiger partial charge on any atom is -0.475 e. The molecule has 0 spiro atoms. The summed E-state index contributed by atoms with van der Waals surface area (Å²) >= 11 is 0. The number of aliphatic imine (C=N–C) groups is 1. The van der Waals surface area contributed by atoms with Crippen LogP contribution in [0.3, 0.4) is 0 Å². The van der Waals surface area contributed by atoms with E-state index in [-0.39, 0.29) is 5.84 Å². The van der Waals surface area contributed by atoms with Crippen LogP contribution in [0.4, 0.5) is 0 Å². The first-order chi connectivity index (χ1) is 4.22. The second-order valence-corrected chi connectivity index (χ2v) is 1.93. The molecule has 0 saturated carbocycles. The molecular weight excluding hydrogens is 120 g/mol. The maximum Gasteiger partial charge on any atom is 0.371 e.